The zero-order valence-corrected chi connectivity index (χ0v) is 16.1. The van der Waals surface area contributed by atoms with Gasteiger partial charge in [-0.05, 0) is 39.3 Å². The van der Waals surface area contributed by atoms with E-state index in [2.05, 4.69) is 0 Å². The SMILES string of the molecule is CC(C)N(C(=O)COC(=O)[C@H]1CS[C@@]2(C)CCC(=O)N12)c1ccccc1. The normalized spacial score (nSPS) is 24.7. The second kappa shape index (κ2) is 7.31. The third kappa shape index (κ3) is 3.45. The molecule has 0 aromatic heterocycles. The Balaban J connectivity index is 1.64. The highest BCUT2D eigenvalue weighted by Crippen LogP contribution is 2.47. The Morgan fingerprint density at radius 3 is 2.69 bits per heavy atom. The highest BCUT2D eigenvalue weighted by molar-refractivity contribution is 8.01. The predicted octanol–water partition coefficient (Wildman–Crippen LogP) is 2.43. The second-order valence-corrected chi connectivity index (χ2v) is 8.57. The van der Waals surface area contributed by atoms with Crippen molar-refractivity contribution in [3.63, 3.8) is 0 Å². The van der Waals surface area contributed by atoms with Gasteiger partial charge in [-0.2, -0.15) is 0 Å². The lowest BCUT2D eigenvalue weighted by atomic mass is 10.2. The molecule has 2 fully saturated rings. The van der Waals surface area contributed by atoms with E-state index in [-0.39, 0.29) is 29.3 Å². The largest absolute Gasteiger partial charge is 0.454 e. The minimum Gasteiger partial charge on any atom is -0.454 e. The molecule has 2 atom stereocenters. The molecular formula is C19H24N2O4S. The maximum atomic E-state index is 12.6. The molecule has 7 heteroatoms. The Morgan fingerprint density at radius 2 is 2.04 bits per heavy atom. The molecule has 1 aromatic rings. The van der Waals surface area contributed by atoms with Crippen LogP contribution in [-0.2, 0) is 19.1 Å². The van der Waals surface area contributed by atoms with Crippen molar-refractivity contribution >= 4 is 35.2 Å². The molecule has 0 unspecified atom stereocenters. The van der Waals surface area contributed by atoms with Crippen molar-refractivity contribution in [1.29, 1.82) is 0 Å². The highest BCUT2D eigenvalue weighted by Gasteiger charge is 2.53. The van der Waals surface area contributed by atoms with E-state index in [0.29, 0.717) is 12.2 Å². The first kappa shape index (κ1) is 18.8. The lowest BCUT2D eigenvalue weighted by Gasteiger charge is -2.30. The van der Waals surface area contributed by atoms with Crippen molar-refractivity contribution in [2.75, 3.05) is 17.3 Å². The summed E-state index contributed by atoms with van der Waals surface area (Å²) in [7, 11) is 0. The number of nitrogens with zero attached hydrogens (tertiary/aromatic N) is 2. The number of anilines is 1. The molecule has 2 saturated heterocycles. The maximum absolute atomic E-state index is 12.6. The lowest BCUT2D eigenvalue weighted by Crippen LogP contribution is -2.47. The van der Waals surface area contributed by atoms with E-state index in [1.165, 1.54) is 0 Å². The van der Waals surface area contributed by atoms with Gasteiger partial charge in [0.15, 0.2) is 6.61 Å². The maximum Gasteiger partial charge on any atom is 0.330 e. The zero-order chi connectivity index (χ0) is 18.9. The minimum atomic E-state index is -0.600. The van der Waals surface area contributed by atoms with Gasteiger partial charge in [-0.3, -0.25) is 9.59 Å². The van der Waals surface area contributed by atoms with Gasteiger partial charge < -0.3 is 14.5 Å². The summed E-state index contributed by atoms with van der Waals surface area (Å²) >= 11 is 1.61. The van der Waals surface area contributed by atoms with Gasteiger partial charge in [0.05, 0.1) is 4.87 Å². The van der Waals surface area contributed by atoms with Crippen LogP contribution in [0.4, 0.5) is 5.69 Å². The number of thioether (sulfide) groups is 1. The smallest absolute Gasteiger partial charge is 0.330 e. The van der Waals surface area contributed by atoms with Crippen molar-refractivity contribution < 1.29 is 19.1 Å². The van der Waals surface area contributed by atoms with E-state index in [0.717, 1.165) is 12.1 Å². The fourth-order valence-corrected chi connectivity index (χ4v) is 5.03. The third-order valence-electron chi connectivity index (χ3n) is 4.87. The summed E-state index contributed by atoms with van der Waals surface area (Å²) in [6, 6.07) is 8.64. The number of ether oxygens (including phenoxy) is 1. The molecule has 0 aliphatic carbocycles. The van der Waals surface area contributed by atoms with Crippen LogP contribution in [0.25, 0.3) is 0 Å². The van der Waals surface area contributed by atoms with E-state index < -0.39 is 12.0 Å². The van der Waals surface area contributed by atoms with E-state index in [4.69, 9.17) is 4.74 Å². The van der Waals surface area contributed by atoms with Gasteiger partial charge in [0.1, 0.15) is 6.04 Å². The number of amides is 2. The van der Waals surface area contributed by atoms with Crippen LogP contribution in [0.2, 0.25) is 0 Å². The molecule has 26 heavy (non-hydrogen) atoms. The van der Waals surface area contributed by atoms with E-state index in [1.807, 2.05) is 51.1 Å². The van der Waals surface area contributed by atoms with Crippen LogP contribution < -0.4 is 4.90 Å². The minimum absolute atomic E-state index is 0.0149. The molecule has 140 valence electrons. The molecule has 3 rings (SSSR count). The van der Waals surface area contributed by atoms with Crippen LogP contribution in [0.1, 0.15) is 33.6 Å². The third-order valence-corrected chi connectivity index (χ3v) is 6.38. The molecule has 0 spiro atoms. The molecule has 0 N–H and O–H groups in total. The number of carbonyl (C=O) groups is 3. The van der Waals surface area contributed by atoms with Crippen LogP contribution in [0.5, 0.6) is 0 Å². The second-order valence-electron chi connectivity index (χ2n) is 7.07. The molecule has 6 nitrogen and oxygen atoms in total. The summed E-state index contributed by atoms with van der Waals surface area (Å²) < 4.78 is 5.30. The van der Waals surface area contributed by atoms with Crippen LogP contribution in [0.3, 0.4) is 0 Å². The van der Waals surface area contributed by atoms with Crippen LogP contribution in [0, 0.1) is 0 Å². The number of carbonyl (C=O) groups excluding carboxylic acids is 3. The van der Waals surface area contributed by atoms with Gasteiger partial charge in [-0.1, -0.05) is 18.2 Å². The molecule has 0 radical (unpaired) electrons. The van der Waals surface area contributed by atoms with Crippen molar-refractivity contribution in [1.82, 2.24) is 4.90 Å². The Hall–Kier alpha value is -2.02. The average Bonchev–Trinajstić information content (AvgIpc) is 3.10. The standard InChI is InChI=1S/C19H24N2O4S/c1-13(2)20(14-7-5-4-6-8-14)17(23)11-25-18(24)15-12-26-19(3)10-9-16(22)21(15)19/h4-8,13,15H,9-12H2,1-3H3/t15-,19+/m1/s1. The van der Waals surface area contributed by atoms with Crippen molar-refractivity contribution in [2.24, 2.45) is 0 Å². The van der Waals surface area contributed by atoms with Crippen molar-refractivity contribution in [3.8, 4) is 0 Å². The number of esters is 1. The molecule has 1 aromatic carbocycles. The number of para-hydroxylation sites is 1. The Bertz CT molecular complexity index is 709. The highest BCUT2D eigenvalue weighted by atomic mass is 32.2. The summed E-state index contributed by atoms with van der Waals surface area (Å²) in [5.74, 6) is -0.275. The Kier molecular flexibility index (Phi) is 5.27. The lowest BCUT2D eigenvalue weighted by molar-refractivity contribution is -0.155. The van der Waals surface area contributed by atoms with Gasteiger partial charge in [0, 0.05) is 23.9 Å². The molecule has 0 bridgehead atoms. The number of fused-ring (bicyclic) bond motifs is 1. The van der Waals surface area contributed by atoms with Gasteiger partial charge in [-0.15, -0.1) is 11.8 Å². The predicted molar refractivity (Wildman–Crippen MR) is 101 cm³/mol. The Morgan fingerprint density at radius 1 is 1.35 bits per heavy atom. The molecular weight excluding hydrogens is 352 g/mol. The summed E-state index contributed by atoms with van der Waals surface area (Å²) in [4.78, 5) is 40.2. The topological polar surface area (TPSA) is 66.9 Å². The number of hydrogen-bond acceptors (Lipinski definition) is 5. The molecule has 2 aliphatic rings. The zero-order valence-electron chi connectivity index (χ0n) is 15.3. The quantitative estimate of drug-likeness (QED) is 0.739. The average molecular weight is 376 g/mol. The van der Waals surface area contributed by atoms with Gasteiger partial charge in [0.2, 0.25) is 5.91 Å². The van der Waals surface area contributed by atoms with E-state index in [1.54, 1.807) is 21.6 Å². The number of hydrogen-bond donors (Lipinski definition) is 0. The van der Waals surface area contributed by atoms with Crippen LogP contribution in [0.15, 0.2) is 30.3 Å². The fourth-order valence-electron chi connectivity index (χ4n) is 3.61. The van der Waals surface area contributed by atoms with Crippen molar-refractivity contribution in [3.05, 3.63) is 30.3 Å². The van der Waals surface area contributed by atoms with Crippen molar-refractivity contribution in [2.45, 2.75) is 50.6 Å². The van der Waals surface area contributed by atoms with Gasteiger partial charge >= 0.3 is 5.97 Å². The molecule has 0 saturated carbocycles. The monoisotopic (exact) mass is 376 g/mol. The number of benzene rings is 1. The first-order valence-corrected chi connectivity index (χ1v) is 9.82. The molecule has 2 aliphatic heterocycles. The summed E-state index contributed by atoms with van der Waals surface area (Å²) in [5, 5.41) is 0. The first-order chi connectivity index (χ1) is 12.3. The first-order valence-electron chi connectivity index (χ1n) is 8.83. The van der Waals surface area contributed by atoms with Gasteiger partial charge in [-0.25, -0.2) is 4.79 Å². The van der Waals surface area contributed by atoms with E-state index >= 15 is 0 Å². The van der Waals surface area contributed by atoms with Crippen LogP contribution >= 0.6 is 11.8 Å². The number of rotatable bonds is 5. The molecule has 2 heterocycles. The van der Waals surface area contributed by atoms with Crippen LogP contribution in [-0.4, -0.2) is 52.0 Å². The fraction of sp³-hybridized carbons (Fsp3) is 0.526. The Labute approximate surface area is 157 Å². The summed E-state index contributed by atoms with van der Waals surface area (Å²) in [6.07, 6.45) is 1.20. The van der Waals surface area contributed by atoms with E-state index in [9.17, 15) is 14.4 Å². The van der Waals surface area contributed by atoms with Gasteiger partial charge in [0.25, 0.3) is 5.91 Å². The summed E-state index contributed by atoms with van der Waals surface area (Å²) in [5.41, 5.74) is 0.766. The summed E-state index contributed by atoms with van der Waals surface area (Å²) in [6.45, 7) is 5.48. The molecule has 2 amide bonds.